The van der Waals surface area contributed by atoms with Crippen LogP contribution in [0.15, 0.2) is 29.2 Å². The molecule has 1 N–H and O–H groups in total. The Bertz CT molecular complexity index is 975. The van der Waals surface area contributed by atoms with Crippen molar-refractivity contribution < 1.29 is 4.39 Å². The molecule has 0 amide bonds. The summed E-state index contributed by atoms with van der Waals surface area (Å²) in [6.07, 6.45) is 7.70. The van der Waals surface area contributed by atoms with E-state index in [9.17, 15) is 9.18 Å². The average molecular weight is 361 g/mol. The quantitative estimate of drug-likeness (QED) is 0.767. The van der Waals surface area contributed by atoms with Gasteiger partial charge >= 0.3 is 0 Å². The van der Waals surface area contributed by atoms with Gasteiger partial charge in [-0.1, -0.05) is 36.9 Å². The molecule has 1 fully saturated rings. The zero-order valence-electron chi connectivity index (χ0n) is 13.6. The Morgan fingerprint density at radius 2 is 2.08 bits per heavy atom. The van der Waals surface area contributed by atoms with Gasteiger partial charge in [-0.15, -0.1) is 0 Å². The Hall–Kier alpha value is -2.21. The van der Waals surface area contributed by atoms with Crippen molar-refractivity contribution in [3.63, 3.8) is 0 Å². The average Bonchev–Trinajstić information content (AvgIpc) is 3.03. The van der Waals surface area contributed by atoms with Crippen molar-refractivity contribution in [1.82, 2.24) is 19.7 Å². The molecule has 0 unspecified atom stereocenters. The zero-order valence-corrected chi connectivity index (χ0v) is 14.4. The second-order valence-corrected chi connectivity index (χ2v) is 6.96. The van der Waals surface area contributed by atoms with Gasteiger partial charge in [-0.05, 0) is 30.5 Å². The number of benzene rings is 1. The van der Waals surface area contributed by atoms with Crippen molar-refractivity contribution in [3.05, 3.63) is 57.0 Å². The van der Waals surface area contributed by atoms with E-state index in [1.165, 1.54) is 25.3 Å². The number of aromatic amines is 1. The molecule has 5 nitrogen and oxygen atoms in total. The van der Waals surface area contributed by atoms with E-state index in [2.05, 4.69) is 15.1 Å². The minimum atomic E-state index is -0.460. The van der Waals surface area contributed by atoms with Crippen molar-refractivity contribution in [2.24, 2.45) is 0 Å². The first-order chi connectivity index (χ1) is 12.1. The van der Waals surface area contributed by atoms with Gasteiger partial charge in [0.2, 0.25) is 0 Å². The molecule has 0 saturated heterocycles. The van der Waals surface area contributed by atoms with Gasteiger partial charge in [-0.2, -0.15) is 5.10 Å². The number of aromatic nitrogens is 4. The third-order valence-corrected chi connectivity index (χ3v) is 5.08. The second-order valence-electron chi connectivity index (χ2n) is 6.56. The minimum Gasteiger partial charge on any atom is -0.310 e. The van der Waals surface area contributed by atoms with E-state index in [-0.39, 0.29) is 10.6 Å². The van der Waals surface area contributed by atoms with Crippen molar-refractivity contribution in [2.45, 2.75) is 44.6 Å². The molecule has 2 aromatic heterocycles. The summed E-state index contributed by atoms with van der Waals surface area (Å²) in [5.74, 6) is 0.0652. The van der Waals surface area contributed by atoms with Crippen molar-refractivity contribution in [2.75, 3.05) is 0 Å². The molecule has 0 aliphatic heterocycles. The van der Waals surface area contributed by atoms with Gasteiger partial charge in [-0.25, -0.2) is 14.1 Å². The fourth-order valence-electron chi connectivity index (χ4n) is 3.50. The van der Waals surface area contributed by atoms with Gasteiger partial charge in [0.15, 0.2) is 5.65 Å². The van der Waals surface area contributed by atoms with Crippen LogP contribution in [0, 0.1) is 5.82 Å². The molecule has 0 radical (unpaired) electrons. The number of hydrogen-bond acceptors (Lipinski definition) is 3. The van der Waals surface area contributed by atoms with E-state index in [1.807, 2.05) is 4.68 Å². The Labute approximate surface area is 148 Å². The van der Waals surface area contributed by atoms with Crippen LogP contribution >= 0.6 is 11.6 Å². The van der Waals surface area contributed by atoms with Crippen LogP contribution in [0.1, 0.15) is 49.5 Å². The Morgan fingerprint density at radius 3 is 2.84 bits per heavy atom. The first kappa shape index (κ1) is 16.3. The first-order valence-corrected chi connectivity index (χ1v) is 8.90. The molecule has 0 bridgehead atoms. The van der Waals surface area contributed by atoms with Crippen LogP contribution < -0.4 is 5.56 Å². The number of rotatable bonds is 3. The summed E-state index contributed by atoms with van der Waals surface area (Å²) in [6, 6.07) is 4.82. The normalized spacial score (nSPS) is 15.8. The highest BCUT2D eigenvalue weighted by Gasteiger charge is 2.20. The van der Waals surface area contributed by atoms with Gasteiger partial charge in [0, 0.05) is 6.42 Å². The maximum atomic E-state index is 13.3. The van der Waals surface area contributed by atoms with Crippen molar-refractivity contribution in [1.29, 1.82) is 0 Å². The number of hydrogen-bond donors (Lipinski definition) is 1. The summed E-state index contributed by atoms with van der Waals surface area (Å²) < 4.78 is 15.2. The number of fused-ring (bicyclic) bond motifs is 1. The lowest BCUT2D eigenvalue weighted by Crippen LogP contribution is -2.17. The molecule has 4 rings (SSSR count). The van der Waals surface area contributed by atoms with Crippen molar-refractivity contribution >= 4 is 22.6 Å². The Morgan fingerprint density at radius 1 is 1.28 bits per heavy atom. The van der Waals surface area contributed by atoms with Crippen LogP contribution in [0.4, 0.5) is 4.39 Å². The van der Waals surface area contributed by atoms with E-state index in [0.29, 0.717) is 29.3 Å². The molecular weight excluding hydrogens is 343 g/mol. The molecule has 25 heavy (non-hydrogen) atoms. The summed E-state index contributed by atoms with van der Waals surface area (Å²) in [6.45, 7) is 0. The number of nitrogens with one attached hydrogen (secondary N) is 1. The van der Waals surface area contributed by atoms with Crippen LogP contribution in [0.2, 0.25) is 5.02 Å². The fraction of sp³-hybridized carbons (Fsp3) is 0.389. The molecule has 0 atom stereocenters. The first-order valence-electron chi connectivity index (χ1n) is 8.52. The molecule has 7 heteroatoms. The van der Waals surface area contributed by atoms with E-state index in [4.69, 9.17) is 11.6 Å². The highest BCUT2D eigenvalue weighted by atomic mass is 35.5. The molecule has 1 saturated carbocycles. The summed E-state index contributed by atoms with van der Waals surface area (Å²) in [5.41, 5.74) is 1.21. The lowest BCUT2D eigenvalue weighted by molar-refractivity contribution is 0.335. The standard InChI is InChI=1S/C18H18ClFN4O/c19-14-8-11(6-7-15(14)20)9-16-22-17-13(18(25)23-16)10-21-24(17)12-4-2-1-3-5-12/h6-8,10,12H,1-5,9H2,(H,22,23,25). The summed E-state index contributed by atoms with van der Waals surface area (Å²) in [4.78, 5) is 19.8. The predicted molar refractivity (Wildman–Crippen MR) is 94.5 cm³/mol. The van der Waals surface area contributed by atoms with Crippen LogP contribution in [-0.2, 0) is 6.42 Å². The lowest BCUT2D eigenvalue weighted by Gasteiger charge is -2.22. The largest absolute Gasteiger partial charge is 0.310 e. The second kappa shape index (κ2) is 6.59. The van der Waals surface area contributed by atoms with E-state index < -0.39 is 5.82 Å². The summed E-state index contributed by atoms with van der Waals surface area (Å²) in [7, 11) is 0. The van der Waals surface area contributed by atoms with Crippen LogP contribution in [0.25, 0.3) is 11.0 Å². The molecule has 3 aromatic rings. The lowest BCUT2D eigenvalue weighted by atomic mass is 9.96. The smallest absolute Gasteiger partial charge is 0.262 e. The van der Waals surface area contributed by atoms with Gasteiger partial charge in [0.25, 0.3) is 5.56 Å². The minimum absolute atomic E-state index is 0.0631. The highest BCUT2D eigenvalue weighted by Crippen LogP contribution is 2.29. The third-order valence-electron chi connectivity index (χ3n) is 4.79. The molecule has 1 aliphatic carbocycles. The molecular formula is C18H18ClFN4O. The SMILES string of the molecule is O=c1[nH]c(Cc2ccc(F)c(Cl)c2)nc2c1cnn2C1CCCCC1. The predicted octanol–water partition coefficient (Wildman–Crippen LogP) is 4.01. The van der Waals surface area contributed by atoms with E-state index in [1.54, 1.807) is 18.3 Å². The van der Waals surface area contributed by atoms with Gasteiger partial charge < -0.3 is 4.98 Å². The highest BCUT2D eigenvalue weighted by molar-refractivity contribution is 6.30. The van der Waals surface area contributed by atoms with Crippen LogP contribution in [-0.4, -0.2) is 19.7 Å². The molecule has 2 heterocycles. The monoisotopic (exact) mass is 360 g/mol. The summed E-state index contributed by atoms with van der Waals surface area (Å²) >= 11 is 5.83. The Kier molecular flexibility index (Phi) is 4.29. The fourth-order valence-corrected chi connectivity index (χ4v) is 3.70. The van der Waals surface area contributed by atoms with Crippen LogP contribution in [0.3, 0.4) is 0 Å². The zero-order chi connectivity index (χ0) is 17.4. The molecule has 0 spiro atoms. The molecule has 1 aliphatic rings. The maximum Gasteiger partial charge on any atom is 0.262 e. The van der Waals surface area contributed by atoms with E-state index >= 15 is 0 Å². The van der Waals surface area contributed by atoms with Crippen molar-refractivity contribution in [3.8, 4) is 0 Å². The van der Waals surface area contributed by atoms with Gasteiger partial charge in [0.1, 0.15) is 17.0 Å². The van der Waals surface area contributed by atoms with Gasteiger partial charge in [0.05, 0.1) is 17.3 Å². The van der Waals surface area contributed by atoms with E-state index in [0.717, 1.165) is 18.4 Å². The topological polar surface area (TPSA) is 63.6 Å². The summed E-state index contributed by atoms with van der Waals surface area (Å²) in [5, 5.41) is 4.99. The van der Waals surface area contributed by atoms with Crippen LogP contribution in [0.5, 0.6) is 0 Å². The molecule has 1 aromatic carbocycles. The third kappa shape index (κ3) is 3.18. The number of nitrogens with zero attached hydrogens (tertiary/aromatic N) is 3. The number of halogens is 2. The molecule has 130 valence electrons. The number of H-pyrrole nitrogens is 1. The maximum absolute atomic E-state index is 13.3. The Balaban J connectivity index is 1.72. The van der Waals surface area contributed by atoms with Gasteiger partial charge in [-0.3, -0.25) is 4.79 Å².